The van der Waals surface area contributed by atoms with Crippen LogP contribution in [0.2, 0.25) is 15.1 Å². The highest BCUT2D eigenvalue weighted by atomic mass is 35.5. The van der Waals surface area contributed by atoms with Gasteiger partial charge >= 0.3 is 0 Å². The van der Waals surface area contributed by atoms with Crippen LogP contribution in [0.3, 0.4) is 0 Å². The van der Waals surface area contributed by atoms with Crippen LogP contribution in [0.15, 0.2) is 42.5 Å². The van der Waals surface area contributed by atoms with Crippen molar-refractivity contribution < 1.29 is 19.5 Å². The van der Waals surface area contributed by atoms with Crippen LogP contribution in [-0.4, -0.2) is 83.4 Å². The van der Waals surface area contributed by atoms with Crippen LogP contribution < -0.4 is 0 Å². The molecule has 0 spiro atoms. The summed E-state index contributed by atoms with van der Waals surface area (Å²) in [5.74, 6) is -0.818. The van der Waals surface area contributed by atoms with E-state index in [9.17, 15) is 14.4 Å². The van der Waals surface area contributed by atoms with Crippen LogP contribution in [0.25, 0.3) is 0 Å². The van der Waals surface area contributed by atoms with Gasteiger partial charge < -0.3 is 19.8 Å². The molecular formula is C26H28Cl3N3O4. The minimum atomic E-state index is -0.522. The maximum Gasteiger partial charge on any atom is 0.253 e. The lowest BCUT2D eigenvalue weighted by Gasteiger charge is -2.33. The Kier molecular flexibility index (Phi) is 8.45. The Morgan fingerprint density at radius 2 is 1.61 bits per heavy atom. The van der Waals surface area contributed by atoms with Crippen molar-refractivity contribution in [1.29, 1.82) is 0 Å². The van der Waals surface area contributed by atoms with Crippen molar-refractivity contribution in [3.8, 4) is 0 Å². The summed E-state index contributed by atoms with van der Waals surface area (Å²) in [7, 11) is 1.75. The number of nitrogens with zero attached hydrogens (tertiary/aromatic N) is 3. The minimum absolute atomic E-state index is 0.0194. The largest absolute Gasteiger partial charge is 0.387 e. The van der Waals surface area contributed by atoms with Crippen LogP contribution in [0.4, 0.5) is 0 Å². The Hall–Kier alpha value is -2.32. The first kappa shape index (κ1) is 26.7. The third-order valence-electron chi connectivity index (χ3n) is 7.21. The van der Waals surface area contributed by atoms with Gasteiger partial charge in [-0.1, -0.05) is 40.9 Å². The fourth-order valence-corrected chi connectivity index (χ4v) is 5.54. The molecule has 0 saturated carbocycles. The van der Waals surface area contributed by atoms with E-state index in [2.05, 4.69) is 0 Å². The number of carbonyl (C=O) groups excluding carboxylic acids is 3. The highest BCUT2D eigenvalue weighted by molar-refractivity contribution is 6.42. The lowest BCUT2D eigenvalue weighted by Crippen LogP contribution is -2.45. The van der Waals surface area contributed by atoms with Gasteiger partial charge in [0, 0.05) is 55.6 Å². The molecule has 3 amide bonds. The third-order valence-corrected chi connectivity index (χ3v) is 8.20. The number of rotatable bonds is 5. The topological polar surface area (TPSA) is 81.2 Å². The predicted molar refractivity (Wildman–Crippen MR) is 140 cm³/mol. The van der Waals surface area contributed by atoms with Gasteiger partial charge in [0.05, 0.1) is 16.1 Å². The standard InChI is InChI=1S/C26H28Cl3N3O4/c1-30(25(35)16-2-5-19(27)6-3-16)23-14-32(13-20(23)18-4-7-21(28)22(29)12-18)26(36)17-8-10-31(11-9-17)24(34)15-33/h2-7,12,17,20,23,33H,8-11,13-15H2,1H3/t20-,23+/m0/s1. The maximum absolute atomic E-state index is 13.5. The Morgan fingerprint density at radius 1 is 0.944 bits per heavy atom. The molecule has 0 aromatic heterocycles. The molecule has 7 nitrogen and oxygen atoms in total. The molecule has 10 heteroatoms. The number of aliphatic hydroxyl groups is 1. The fraction of sp³-hybridized carbons (Fsp3) is 0.423. The molecule has 2 aliphatic rings. The van der Waals surface area contributed by atoms with Crippen molar-refractivity contribution in [2.24, 2.45) is 5.92 Å². The summed E-state index contributed by atoms with van der Waals surface area (Å²) in [6.07, 6.45) is 1.09. The first-order valence-electron chi connectivity index (χ1n) is 11.8. The molecule has 1 N–H and O–H groups in total. The molecule has 0 radical (unpaired) electrons. The van der Waals surface area contributed by atoms with Gasteiger partial charge in [-0.2, -0.15) is 0 Å². The van der Waals surface area contributed by atoms with Crippen LogP contribution in [-0.2, 0) is 9.59 Å². The van der Waals surface area contributed by atoms with Gasteiger partial charge in [0.25, 0.3) is 5.91 Å². The molecule has 4 rings (SSSR count). The molecule has 2 atom stereocenters. The van der Waals surface area contributed by atoms with E-state index in [0.717, 1.165) is 5.56 Å². The van der Waals surface area contributed by atoms with Gasteiger partial charge in [0.1, 0.15) is 6.61 Å². The van der Waals surface area contributed by atoms with Gasteiger partial charge in [0.2, 0.25) is 11.8 Å². The molecule has 2 saturated heterocycles. The predicted octanol–water partition coefficient (Wildman–Crippen LogP) is 3.94. The summed E-state index contributed by atoms with van der Waals surface area (Å²) in [6.45, 7) is 1.19. The van der Waals surface area contributed by atoms with Crippen molar-refractivity contribution in [2.75, 3.05) is 39.8 Å². The lowest BCUT2D eigenvalue weighted by atomic mass is 9.93. The van der Waals surface area contributed by atoms with E-state index < -0.39 is 6.61 Å². The van der Waals surface area contributed by atoms with Gasteiger partial charge in [0.15, 0.2) is 0 Å². The number of benzene rings is 2. The third kappa shape index (κ3) is 5.65. The monoisotopic (exact) mass is 551 g/mol. The van der Waals surface area contributed by atoms with Crippen molar-refractivity contribution >= 4 is 52.5 Å². The smallest absolute Gasteiger partial charge is 0.253 e. The molecule has 192 valence electrons. The molecule has 0 aliphatic carbocycles. The quantitative estimate of drug-likeness (QED) is 0.609. The highest BCUT2D eigenvalue weighted by Crippen LogP contribution is 2.36. The molecule has 2 fully saturated rings. The van der Waals surface area contributed by atoms with Crippen molar-refractivity contribution in [2.45, 2.75) is 24.8 Å². The summed E-state index contributed by atoms with van der Waals surface area (Å²) >= 11 is 18.4. The zero-order chi connectivity index (χ0) is 26.0. The zero-order valence-electron chi connectivity index (χ0n) is 19.9. The highest BCUT2D eigenvalue weighted by Gasteiger charge is 2.42. The number of likely N-dealkylation sites (tertiary alicyclic amines) is 2. The summed E-state index contributed by atoms with van der Waals surface area (Å²) in [6, 6.07) is 11.9. The van der Waals surface area contributed by atoms with E-state index in [1.807, 2.05) is 11.0 Å². The second-order valence-corrected chi connectivity index (χ2v) is 10.6. The lowest BCUT2D eigenvalue weighted by molar-refractivity contribution is -0.141. The molecule has 2 aromatic carbocycles. The first-order chi connectivity index (χ1) is 17.2. The normalized spacial score (nSPS) is 20.5. The molecular weight excluding hydrogens is 525 g/mol. The van der Waals surface area contributed by atoms with Crippen molar-refractivity contribution in [3.05, 3.63) is 68.7 Å². The number of likely N-dealkylation sites (N-methyl/N-ethyl adjacent to an activating group) is 1. The van der Waals surface area contributed by atoms with E-state index in [1.165, 1.54) is 0 Å². The summed E-state index contributed by atoms with van der Waals surface area (Å²) < 4.78 is 0. The Bertz CT molecular complexity index is 1140. The average Bonchev–Trinajstić information content (AvgIpc) is 3.34. The second kappa shape index (κ2) is 11.4. The Labute approximate surface area is 225 Å². The molecule has 36 heavy (non-hydrogen) atoms. The summed E-state index contributed by atoms with van der Waals surface area (Å²) in [4.78, 5) is 43.7. The first-order valence-corrected chi connectivity index (χ1v) is 13.0. The van der Waals surface area contributed by atoms with Crippen molar-refractivity contribution in [1.82, 2.24) is 14.7 Å². The van der Waals surface area contributed by atoms with Crippen molar-refractivity contribution in [3.63, 3.8) is 0 Å². The van der Waals surface area contributed by atoms with Crippen LogP contribution in [0, 0.1) is 5.92 Å². The molecule has 0 unspecified atom stereocenters. The number of amides is 3. The van der Waals surface area contributed by atoms with Gasteiger partial charge in [-0.15, -0.1) is 0 Å². The zero-order valence-corrected chi connectivity index (χ0v) is 22.1. The Morgan fingerprint density at radius 3 is 2.22 bits per heavy atom. The van der Waals surface area contributed by atoms with Gasteiger partial charge in [-0.05, 0) is 54.8 Å². The minimum Gasteiger partial charge on any atom is -0.387 e. The van der Waals surface area contributed by atoms with E-state index in [-0.39, 0.29) is 35.6 Å². The van der Waals surface area contributed by atoms with Gasteiger partial charge in [-0.3, -0.25) is 14.4 Å². The molecule has 0 bridgehead atoms. The van der Waals surface area contributed by atoms with E-state index in [4.69, 9.17) is 39.9 Å². The number of hydrogen-bond acceptors (Lipinski definition) is 4. The number of halogens is 3. The van der Waals surface area contributed by atoms with Crippen LogP contribution >= 0.6 is 34.8 Å². The summed E-state index contributed by atoms with van der Waals surface area (Å²) in [5.41, 5.74) is 1.42. The van der Waals surface area contributed by atoms with Crippen LogP contribution in [0.5, 0.6) is 0 Å². The summed E-state index contributed by atoms with van der Waals surface area (Å²) in [5, 5.41) is 10.5. The number of piperidine rings is 1. The van der Waals surface area contributed by atoms with E-state index in [1.54, 1.807) is 53.2 Å². The molecule has 2 aliphatic heterocycles. The average molecular weight is 553 g/mol. The number of aliphatic hydroxyl groups excluding tert-OH is 1. The second-order valence-electron chi connectivity index (χ2n) is 9.33. The molecule has 2 aromatic rings. The SMILES string of the molecule is CN(C(=O)c1ccc(Cl)cc1)[C@@H]1CN(C(=O)C2CCN(C(=O)CO)CC2)C[C@H]1c1ccc(Cl)c(Cl)c1. The van der Waals surface area contributed by atoms with E-state index in [0.29, 0.717) is 59.7 Å². The number of carbonyl (C=O) groups is 3. The number of hydrogen-bond donors (Lipinski definition) is 1. The fourth-order valence-electron chi connectivity index (χ4n) is 5.11. The molecule has 2 heterocycles. The Balaban J connectivity index is 1.55. The van der Waals surface area contributed by atoms with Gasteiger partial charge in [-0.25, -0.2) is 0 Å². The van der Waals surface area contributed by atoms with E-state index >= 15 is 0 Å². The maximum atomic E-state index is 13.5. The van der Waals surface area contributed by atoms with Crippen LogP contribution in [0.1, 0.15) is 34.7 Å².